The first kappa shape index (κ1) is 10.7. The van der Waals surface area contributed by atoms with Gasteiger partial charge in [0.25, 0.3) is 0 Å². The van der Waals surface area contributed by atoms with Crippen LogP contribution < -0.4 is 4.90 Å². The minimum absolute atomic E-state index is 0.116. The number of hydrogen-bond donors (Lipinski definition) is 1. The van der Waals surface area contributed by atoms with E-state index >= 15 is 0 Å². The quantitative estimate of drug-likeness (QED) is 0.808. The molecule has 1 amide bonds. The summed E-state index contributed by atoms with van der Waals surface area (Å²) in [6.07, 6.45) is 1.72. The van der Waals surface area contributed by atoms with Crippen LogP contribution in [0.15, 0.2) is 18.2 Å². The van der Waals surface area contributed by atoms with Gasteiger partial charge in [-0.05, 0) is 37.5 Å². The number of rotatable bonds is 1. The fourth-order valence-electron chi connectivity index (χ4n) is 2.35. The number of amides is 1. The van der Waals surface area contributed by atoms with Crippen molar-refractivity contribution in [3.63, 3.8) is 0 Å². The van der Waals surface area contributed by atoms with Gasteiger partial charge in [-0.15, -0.1) is 0 Å². The Balaban J connectivity index is 1.99. The molecule has 0 radical (unpaired) electrons. The van der Waals surface area contributed by atoms with Gasteiger partial charge in [-0.3, -0.25) is 4.79 Å². The molecule has 17 heavy (non-hydrogen) atoms. The molecule has 90 valence electrons. The summed E-state index contributed by atoms with van der Waals surface area (Å²) in [6, 6.07) is 4.25. The summed E-state index contributed by atoms with van der Waals surface area (Å²) < 4.78 is 13.2. The predicted molar refractivity (Wildman–Crippen MR) is 61.1 cm³/mol. The average Bonchev–Trinajstić information content (AvgIpc) is 3.13. The van der Waals surface area contributed by atoms with Gasteiger partial charge >= 0.3 is 0 Å². The Hall–Kier alpha value is -1.42. The summed E-state index contributed by atoms with van der Waals surface area (Å²) in [7, 11) is 0. The van der Waals surface area contributed by atoms with Crippen molar-refractivity contribution in [2.75, 3.05) is 11.4 Å². The van der Waals surface area contributed by atoms with Gasteiger partial charge in [-0.25, -0.2) is 4.39 Å². The number of nitrogens with zero attached hydrogens (tertiary/aromatic N) is 1. The highest BCUT2D eigenvalue weighted by Gasteiger charge is 2.37. The fraction of sp³-hybridized carbons (Fsp3) is 0.462. The van der Waals surface area contributed by atoms with Crippen molar-refractivity contribution >= 4 is 11.6 Å². The molecule has 1 aliphatic heterocycles. The van der Waals surface area contributed by atoms with E-state index in [9.17, 15) is 14.3 Å². The molecule has 1 saturated carbocycles. The number of benzene rings is 1. The van der Waals surface area contributed by atoms with E-state index in [1.807, 2.05) is 0 Å². The molecule has 0 bridgehead atoms. The number of fused-ring (bicyclic) bond motifs is 1. The van der Waals surface area contributed by atoms with E-state index in [2.05, 4.69) is 0 Å². The number of anilines is 1. The van der Waals surface area contributed by atoms with Crippen LogP contribution in [-0.2, 0) is 4.79 Å². The lowest BCUT2D eigenvalue weighted by Crippen LogP contribution is -2.37. The second-order valence-electron chi connectivity index (χ2n) is 4.77. The van der Waals surface area contributed by atoms with E-state index in [-0.39, 0.29) is 17.6 Å². The molecule has 1 aliphatic carbocycles. The molecule has 1 aromatic carbocycles. The van der Waals surface area contributed by atoms with Crippen LogP contribution in [-0.4, -0.2) is 17.6 Å². The van der Waals surface area contributed by atoms with Crippen LogP contribution in [0.2, 0.25) is 0 Å². The van der Waals surface area contributed by atoms with Crippen LogP contribution >= 0.6 is 0 Å². The van der Waals surface area contributed by atoms with Gasteiger partial charge in [0, 0.05) is 23.7 Å². The predicted octanol–water partition coefficient (Wildman–Crippen LogP) is 2.01. The Morgan fingerprint density at radius 3 is 2.82 bits per heavy atom. The van der Waals surface area contributed by atoms with E-state index in [0.717, 1.165) is 12.8 Å². The highest BCUT2D eigenvalue weighted by Crippen LogP contribution is 2.38. The standard InChI is InChI=1S/C13H14FNO2/c14-9-3-4-11-10(7-9)12(16)5-6-15(11)13(17)8-1-2-8/h3-4,7-8,12,16H,1-2,5-6H2. The first-order chi connectivity index (χ1) is 8.16. The van der Waals surface area contributed by atoms with E-state index < -0.39 is 6.10 Å². The molecule has 1 fully saturated rings. The number of aliphatic hydroxyl groups is 1. The molecular formula is C13H14FNO2. The van der Waals surface area contributed by atoms with Crippen LogP contribution in [0.5, 0.6) is 0 Å². The first-order valence-corrected chi connectivity index (χ1v) is 5.95. The van der Waals surface area contributed by atoms with Gasteiger partial charge < -0.3 is 10.0 Å². The smallest absolute Gasteiger partial charge is 0.230 e. The lowest BCUT2D eigenvalue weighted by atomic mass is 9.98. The van der Waals surface area contributed by atoms with Gasteiger partial charge in [0.15, 0.2) is 0 Å². The Labute approximate surface area is 98.9 Å². The lowest BCUT2D eigenvalue weighted by Gasteiger charge is -2.32. The van der Waals surface area contributed by atoms with Crippen LogP contribution in [0.3, 0.4) is 0 Å². The molecule has 3 nitrogen and oxygen atoms in total. The van der Waals surface area contributed by atoms with Crippen molar-refractivity contribution in [2.45, 2.75) is 25.4 Å². The lowest BCUT2D eigenvalue weighted by molar-refractivity contribution is -0.120. The zero-order chi connectivity index (χ0) is 12.0. The van der Waals surface area contributed by atoms with E-state index in [0.29, 0.717) is 24.2 Å². The molecular weight excluding hydrogens is 221 g/mol. The summed E-state index contributed by atoms with van der Waals surface area (Å²) in [5.41, 5.74) is 1.20. The largest absolute Gasteiger partial charge is 0.388 e. The van der Waals surface area contributed by atoms with Gasteiger partial charge in [0.1, 0.15) is 5.82 Å². The van der Waals surface area contributed by atoms with Crippen molar-refractivity contribution < 1.29 is 14.3 Å². The van der Waals surface area contributed by atoms with Gasteiger partial charge in [0.2, 0.25) is 5.91 Å². The molecule has 0 spiro atoms. The normalized spacial score (nSPS) is 23.4. The summed E-state index contributed by atoms with van der Waals surface area (Å²) >= 11 is 0. The summed E-state index contributed by atoms with van der Waals surface area (Å²) in [5, 5.41) is 9.83. The molecule has 3 rings (SSSR count). The summed E-state index contributed by atoms with van der Waals surface area (Å²) in [5.74, 6) is -0.114. The van der Waals surface area contributed by atoms with Crippen LogP contribution in [0.1, 0.15) is 30.9 Å². The van der Waals surface area contributed by atoms with Crippen molar-refractivity contribution in [1.29, 1.82) is 0 Å². The Morgan fingerprint density at radius 2 is 2.12 bits per heavy atom. The van der Waals surface area contributed by atoms with Crippen molar-refractivity contribution in [2.24, 2.45) is 5.92 Å². The number of carbonyl (C=O) groups excluding carboxylic acids is 1. The molecule has 4 heteroatoms. The number of halogens is 1. The van der Waals surface area contributed by atoms with Crippen molar-refractivity contribution in [1.82, 2.24) is 0 Å². The maximum absolute atomic E-state index is 13.2. The average molecular weight is 235 g/mol. The Bertz CT molecular complexity index is 470. The zero-order valence-corrected chi connectivity index (χ0v) is 9.40. The van der Waals surface area contributed by atoms with Gasteiger partial charge in [0.05, 0.1) is 6.10 Å². The minimum Gasteiger partial charge on any atom is -0.388 e. The number of aliphatic hydroxyl groups excluding tert-OH is 1. The topological polar surface area (TPSA) is 40.5 Å². The summed E-state index contributed by atoms with van der Waals surface area (Å²) in [4.78, 5) is 13.8. The fourth-order valence-corrected chi connectivity index (χ4v) is 2.35. The van der Waals surface area contributed by atoms with Crippen molar-refractivity contribution in [3.05, 3.63) is 29.6 Å². The SMILES string of the molecule is O=C(C1CC1)N1CCC(O)c2cc(F)ccc21. The maximum atomic E-state index is 13.2. The van der Waals surface area contributed by atoms with E-state index in [1.54, 1.807) is 11.0 Å². The van der Waals surface area contributed by atoms with Crippen LogP contribution in [0.25, 0.3) is 0 Å². The molecule has 1 aromatic rings. The Kier molecular flexibility index (Phi) is 2.40. The molecule has 2 aliphatic rings. The molecule has 1 N–H and O–H groups in total. The zero-order valence-electron chi connectivity index (χ0n) is 9.40. The van der Waals surface area contributed by atoms with E-state index in [4.69, 9.17) is 0 Å². The summed E-state index contributed by atoms with van der Waals surface area (Å²) in [6.45, 7) is 0.523. The van der Waals surface area contributed by atoms with Gasteiger partial charge in [-0.2, -0.15) is 0 Å². The molecule has 1 unspecified atom stereocenters. The van der Waals surface area contributed by atoms with Crippen molar-refractivity contribution in [3.8, 4) is 0 Å². The minimum atomic E-state index is -0.663. The first-order valence-electron chi connectivity index (χ1n) is 5.95. The van der Waals surface area contributed by atoms with Crippen LogP contribution in [0, 0.1) is 11.7 Å². The number of hydrogen-bond acceptors (Lipinski definition) is 2. The highest BCUT2D eigenvalue weighted by atomic mass is 19.1. The second kappa shape index (κ2) is 3.81. The van der Waals surface area contributed by atoms with Gasteiger partial charge in [-0.1, -0.05) is 0 Å². The number of carbonyl (C=O) groups is 1. The third-order valence-corrected chi connectivity index (χ3v) is 3.46. The third-order valence-electron chi connectivity index (χ3n) is 3.46. The van der Waals surface area contributed by atoms with E-state index in [1.165, 1.54) is 12.1 Å². The molecule has 0 aromatic heterocycles. The molecule has 1 atom stereocenters. The van der Waals surface area contributed by atoms with Crippen LogP contribution in [0.4, 0.5) is 10.1 Å². The second-order valence-corrected chi connectivity index (χ2v) is 4.77. The highest BCUT2D eigenvalue weighted by molar-refractivity contribution is 5.97. The Morgan fingerprint density at radius 1 is 1.35 bits per heavy atom. The molecule has 1 heterocycles. The monoisotopic (exact) mass is 235 g/mol. The third kappa shape index (κ3) is 1.82. The maximum Gasteiger partial charge on any atom is 0.230 e. The molecule has 0 saturated heterocycles.